The number of hydrogen-bond acceptors (Lipinski definition) is 3. The van der Waals surface area contributed by atoms with Crippen molar-refractivity contribution in [1.82, 2.24) is 0 Å². The van der Waals surface area contributed by atoms with Crippen LogP contribution in [0.15, 0.2) is 31.8 Å². The summed E-state index contributed by atoms with van der Waals surface area (Å²) in [6.07, 6.45) is 0.833. The van der Waals surface area contributed by atoms with Crippen molar-refractivity contribution >= 4 is 33.8 Å². The molecule has 2 aromatic rings. The lowest BCUT2D eigenvalue weighted by Crippen LogP contribution is -1.85. The second-order valence-corrected chi connectivity index (χ2v) is 3.44. The average molecular weight is 330 g/mol. The monoisotopic (exact) mass is 330 g/mol. The van der Waals surface area contributed by atoms with Crippen molar-refractivity contribution in [2.24, 2.45) is 0 Å². The maximum Gasteiger partial charge on any atom is 0.519 e. The zero-order valence-corrected chi connectivity index (χ0v) is 11.2. The third kappa shape index (κ3) is 3.14. The number of aryl methyl sites for hydroxylation is 1. The van der Waals surface area contributed by atoms with Crippen LogP contribution >= 0.6 is 22.6 Å². The third-order valence-corrected chi connectivity index (χ3v) is 2.45. The van der Waals surface area contributed by atoms with Crippen molar-refractivity contribution in [2.75, 3.05) is 0 Å². The van der Waals surface area contributed by atoms with E-state index in [0.29, 0.717) is 11.2 Å². The molecule has 0 atom stereocenters. The lowest BCUT2D eigenvalue weighted by atomic mass is 10.1. The van der Waals surface area contributed by atoms with Gasteiger partial charge in [0.1, 0.15) is 0 Å². The van der Waals surface area contributed by atoms with Gasteiger partial charge in [0.25, 0.3) is 0 Å². The predicted molar refractivity (Wildman–Crippen MR) is 71.6 cm³/mol. The summed E-state index contributed by atoms with van der Waals surface area (Å²) in [7, 11) is 0. The van der Waals surface area contributed by atoms with Gasteiger partial charge in [0.2, 0.25) is 0 Å². The number of fused-ring (bicyclic) bond motifs is 1. The van der Waals surface area contributed by atoms with Crippen LogP contribution in [0.25, 0.3) is 11.2 Å². The number of benzene rings is 1. The van der Waals surface area contributed by atoms with Crippen LogP contribution in [0, 0.1) is 9.85 Å². The molecule has 4 heteroatoms. The van der Waals surface area contributed by atoms with Crippen LogP contribution in [0.2, 0.25) is 0 Å². The molecule has 16 heavy (non-hydrogen) atoms. The first-order valence-electron chi connectivity index (χ1n) is 4.76. The first kappa shape index (κ1) is 12.8. The molecule has 2 rings (SSSR count). The number of halogens is 1. The molecule has 3 nitrogen and oxygen atoms in total. The second kappa shape index (κ2) is 6.38. The summed E-state index contributed by atoms with van der Waals surface area (Å²) in [5, 5.41) is 0. The minimum Gasteiger partial charge on any atom is -0.391 e. The summed E-state index contributed by atoms with van der Waals surface area (Å²) in [6, 6.07) is 5.49. The van der Waals surface area contributed by atoms with Gasteiger partial charge in [0.05, 0.1) is 0 Å². The van der Waals surface area contributed by atoms with Crippen molar-refractivity contribution in [2.45, 2.75) is 20.3 Å². The van der Waals surface area contributed by atoms with Gasteiger partial charge < -0.3 is 8.83 Å². The Morgan fingerprint density at radius 2 is 2.06 bits per heavy atom. The van der Waals surface area contributed by atoms with Gasteiger partial charge in [-0.05, 0) is 28.9 Å². The maximum atomic E-state index is 10.7. The van der Waals surface area contributed by atoms with Crippen LogP contribution in [0.1, 0.15) is 19.4 Å². The van der Waals surface area contributed by atoms with Crippen LogP contribution in [0.5, 0.6) is 0 Å². The molecule has 1 heterocycles. The van der Waals surface area contributed by atoms with Crippen molar-refractivity contribution in [1.29, 1.82) is 0 Å². The number of hydrogen-bond donors (Lipinski definition) is 0. The Hall–Kier alpha value is -1.22. The maximum absolute atomic E-state index is 10.7. The molecule has 0 radical (unpaired) electrons. The molecule has 0 aliphatic carbocycles. The lowest BCUT2D eigenvalue weighted by molar-refractivity contribution is 0.408. The molecule has 0 aliphatic heterocycles. The highest BCUT2D eigenvalue weighted by molar-refractivity contribution is 14.1. The number of rotatable bonds is 1. The Morgan fingerprint density at radius 1 is 1.38 bits per heavy atom. The standard InChI is InChI=1S/C9H8O3.C3H3I/c1-2-6-4-3-5-7-8(6)12-9(10)11-7;1-2-3-4/h3-5H,2H2,1H3;1H3. The minimum atomic E-state index is -0.633. The highest BCUT2D eigenvalue weighted by atomic mass is 127. The molecule has 0 amide bonds. The van der Waals surface area contributed by atoms with Gasteiger partial charge in [-0.3, -0.25) is 0 Å². The van der Waals surface area contributed by atoms with E-state index in [-0.39, 0.29) is 0 Å². The fraction of sp³-hybridized carbons (Fsp3) is 0.250. The summed E-state index contributed by atoms with van der Waals surface area (Å²) < 4.78 is 12.3. The molecular formula is C12H11IO3. The highest BCUT2D eigenvalue weighted by Gasteiger charge is 2.06. The van der Waals surface area contributed by atoms with Crippen LogP contribution in [-0.2, 0) is 6.42 Å². The molecule has 0 N–H and O–H groups in total. The van der Waals surface area contributed by atoms with Crippen LogP contribution in [0.3, 0.4) is 0 Å². The van der Waals surface area contributed by atoms with Crippen LogP contribution in [-0.4, -0.2) is 0 Å². The van der Waals surface area contributed by atoms with E-state index in [4.69, 9.17) is 8.83 Å². The Labute approximate surface area is 107 Å². The fourth-order valence-electron chi connectivity index (χ4n) is 1.23. The first-order valence-corrected chi connectivity index (χ1v) is 5.84. The molecule has 0 saturated heterocycles. The minimum absolute atomic E-state index is 0.527. The molecule has 0 aliphatic rings. The summed E-state index contributed by atoms with van der Waals surface area (Å²) in [4.78, 5) is 10.7. The van der Waals surface area contributed by atoms with E-state index in [1.54, 1.807) is 6.07 Å². The first-order chi connectivity index (χ1) is 7.72. The smallest absolute Gasteiger partial charge is 0.391 e. The van der Waals surface area contributed by atoms with Crippen molar-refractivity contribution in [3.63, 3.8) is 0 Å². The molecule has 0 saturated carbocycles. The molecule has 0 unspecified atom stereocenters. The largest absolute Gasteiger partial charge is 0.519 e. The van der Waals surface area contributed by atoms with E-state index in [1.807, 2.05) is 48.6 Å². The number of para-hydroxylation sites is 1. The lowest BCUT2D eigenvalue weighted by Gasteiger charge is -1.92. The molecule has 0 bridgehead atoms. The van der Waals surface area contributed by atoms with Gasteiger partial charge in [0.15, 0.2) is 11.2 Å². The Balaban J connectivity index is 0.000000280. The van der Waals surface area contributed by atoms with Gasteiger partial charge in [0, 0.05) is 22.6 Å². The van der Waals surface area contributed by atoms with Gasteiger partial charge >= 0.3 is 5.82 Å². The van der Waals surface area contributed by atoms with Crippen molar-refractivity contribution < 1.29 is 8.83 Å². The topological polar surface area (TPSA) is 43.4 Å². The van der Waals surface area contributed by atoms with Crippen molar-refractivity contribution in [3.05, 3.63) is 34.4 Å². The summed E-state index contributed by atoms with van der Waals surface area (Å²) in [6.45, 7) is 3.81. The van der Waals surface area contributed by atoms with Crippen LogP contribution in [0.4, 0.5) is 0 Å². The normalized spacial score (nSPS) is 8.94. The fourth-order valence-corrected chi connectivity index (χ4v) is 1.23. The molecule has 0 spiro atoms. The van der Waals surface area contributed by atoms with Gasteiger partial charge in [-0.15, -0.1) is 0 Å². The quantitative estimate of drug-likeness (QED) is 0.595. The average Bonchev–Trinajstić information content (AvgIpc) is 2.69. The Morgan fingerprint density at radius 3 is 2.62 bits per heavy atom. The SMILES string of the molecule is CC#CI.CCc1cccc2oc(=O)oc12. The molecule has 1 aromatic heterocycles. The summed E-state index contributed by atoms with van der Waals surface area (Å²) >= 11 is 1.99. The van der Waals surface area contributed by atoms with E-state index in [9.17, 15) is 4.79 Å². The second-order valence-electron chi connectivity index (χ2n) is 2.90. The molecule has 1 aromatic carbocycles. The third-order valence-electron chi connectivity index (χ3n) is 1.91. The highest BCUT2D eigenvalue weighted by Crippen LogP contribution is 2.17. The van der Waals surface area contributed by atoms with E-state index in [0.717, 1.165) is 12.0 Å². The predicted octanol–water partition coefficient (Wildman–Crippen LogP) is 3.35. The summed E-state index contributed by atoms with van der Waals surface area (Å²) in [5.41, 5.74) is 2.10. The van der Waals surface area contributed by atoms with Gasteiger partial charge in [-0.2, -0.15) is 0 Å². The Kier molecular flexibility index (Phi) is 5.12. The Bertz CT molecular complexity index is 563. The molecule has 84 valence electrons. The zero-order chi connectivity index (χ0) is 12.0. The van der Waals surface area contributed by atoms with Gasteiger partial charge in [-0.1, -0.05) is 25.0 Å². The van der Waals surface area contributed by atoms with E-state index >= 15 is 0 Å². The summed E-state index contributed by atoms with van der Waals surface area (Å²) in [5.74, 6) is 2.03. The van der Waals surface area contributed by atoms with Crippen molar-refractivity contribution in [3.8, 4) is 9.85 Å². The molecule has 0 fully saturated rings. The van der Waals surface area contributed by atoms with E-state index < -0.39 is 5.82 Å². The van der Waals surface area contributed by atoms with E-state index in [2.05, 4.69) is 9.85 Å². The van der Waals surface area contributed by atoms with E-state index in [1.165, 1.54) is 0 Å². The zero-order valence-electron chi connectivity index (χ0n) is 9.04. The van der Waals surface area contributed by atoms with Gasteiger partial charge in [-0.25, -0.2) is 4.79 Å². The van der Waals surface area contributed by atoms with Crippen LogP contribution < -0.4 is 5.82 Å². The molecular weight excluding hydrogens is 319 g/mol.